The lowest BCUT2D eigenvalue weighted by Crippen LogP contribution is -2.38. The van der Waals surface area contributed by atoms with Crippen LogP contribution in [-0.2, 0) is 19.1 Å². The van der Waals surface area contributed by atoms with Crippen LogP contribution in [0.2, 0.25) is 0 Å². The highest BCUT2D eigenvalue weighted by Crippen LogP contribution is 2.29. The summed E-state index contributed by atoms with van der Waals surface area (Å²) >= 11 is 4.43. The predicted octanol–water partition coefficient (Wildman–Crippen LogP) is 4.22. The first-order valence-corrected chi connectivity index (χ1v) is 9.34. The van der Waals surface area contributed by atoms with E-state index in [4.69, 9.17) is 0 Å². The van der Waals surface area contributed by atoms with Gasteiger partial charge in [0.1, 0.15) is 0 Å². The van der Waals surface area contributed by atoms with Gasteiger partial charge in [0.2, 0.25) is 0 Å². The Morgan fingerprint density at radius 3 is 2.76 bits per heavy atom. The number of aromatic nitrogens is 1. The normalized spacial score (nSPS) is 12.3. The average molecular weight is 435 g/mol. The van der Waals surface area contributed by atoms with Crippen LogP contribution < -0.4 is 10.6 Å². The SMILES string of the molecule is CCNC(=NCc1cccc(Br)c1)NCCc1nc(C(F)(F)F)cs1. The zero-order valence-electron chi connectivity index (χ0n) is 13.5. The van der Waals surface area contributed by atoms with E-state index in [1.54, 1.807) is 0 Å². The summed E-state index contributed by atoms with van der Waals surface area (Å²) in [5.74, 6) is 0.620. The molecule has 0 saturated heterocycles. The molecule has 4 nitrogen and oxygen atoms in total. The van der Waals surface area contributed by atoms with Crippen molar-refractivity contribution in [2.45, 2.75) is 26.1 Å². The lowest BCUT2D eigenvalue weighted by molar-refractivity contribution is -0.140. The summed E-state index contributed by atoms with van der Waals surface area (Å²) in [7, 11) is 0. The van der Waals surface area contributed by atoms with Gasteiger partial charge in [-0.3, -0.25) is 0 Å². The highest BCUT2D eigenvalue weighted by molar-refractivity contribution is 9.10. The van der Waals surface area contributed by atoms with Gasteiger partial charge in [0.25, 0.3) is 0 Å². The molecule has 1 heterocycles. The number of nitrogens with zero attached hydrogens (tertiary/aromatic N) is 2. The van der Waals surface area contributed by atoms with Gasteiger partial charge < -0.3 is 10.6 Å². The lowest BCUT2D eigenvalue weighted by Gasteiger charge is -2.10. The molecule has 2 rings (SSSR count). The van der Waals surface area contributed by atoms with Crippen LogP contribution in [0.15, 0.2) is 39.1 Å². The molecule has 2 aromatic rings. The molecule has 0 aliphatic carbocycles. The smallest absolute Gasteiger partial charge is 0.357 e. The van der Waals surface area contributed by atoms with Gasteiger partial charge in [-0.05, 0) is 24.6 Å². The number of halogens is 4. The summed E-state index contributed by atoms with van der Waals surface area (Å²) in [4.78, 5) is 8.09. The predicted molar refractivity (Wildman–Crippen MR) is 97.8 cm³/mol. The Morgan fingerprint density at radius 1 is 1.32 bits per heavy atom. The van der Waals surface area contributed by atoms with Crippen LogP contribution in [0.1, 0.15) is 23.2 Å². The molecular weight excluding hydrogens is 417 g/mol. The fourth-order valence-electron chi connectivity index (χ4n) is 1.99. The van der Waals surface area contributed by atoms with Crippen molar-refractivity contribution in [1.29, 1.82) is 0 Å². The number of benzene rings is 1. The van der Waals surface area contributed by atoms with Gasteiger partial charge in [-0.15, -0.1) is 11.3 Å². The fourth-order valence-corrected chi connectivity index (χ4v) is 3.24. The lowest BCUT2D eigenvalue weighted by atomic mass is 10.2. The van der Waals surface area contributed by atoms with E-state index in [9.17, 15) is 13.2 Å². The maximum Gasteiger partial charge on any atom is 0.434 e. The third kappa shape index (κ3) is 6.66. The number of thiazole rings is 1. The van der Waals surface area contributed by atoms with Crippen LogP contribution in [0.5, 0.6) is 0 Å². The molecule has 0 amide bonds. The Bertz CT molecular complexity index is 715. The third-order valence-electron chi connectivity index (χ3n) is 3.13. The average Bonchev–Trinajstić information content (AvgIpc) is 3.02. The molecular formula is C16H18BrF3N4S. The quantitative estimate of drug-likeness (QED) is 0.528. The summed E-state index contributed by atoms with van der Waals surface area (Å²) < 4.78 is 38.6. The standard InChI is InChI=1S/C16H18BrF3N4S/c1-2-21-15(23-9-11-4-3-5-12(17)8-11)22-7-6-14-24-13(10-25-14)16(18,19)20/h3-5,8,10H,2,6-7,9H2,1H3,(H2,21,22,23). The van der Waals surface area contributed by atoms with Crippen LogP contribution in [0, 0.1) is 0 Å². The molecule has 2 N–H and O–H groups in total. The van der Waals surface area contributed by atoms with Crippen molar-refractivity contribution < 1.29 is 13.2 Å². The van der Waals surface area contributed by atoms with Gasteiger partial charge in [-0.2, -0.15) is 13.2 Å². The van der Waals surface area contributed by atoms with Crippen molar-refractivity contribution >= 4 is 33.2 Å². The minimum Gasteiger partial charge on any atom is -0.357 e. The van der Waals surface area contributed by atoms with Crippen molar-refractivity contribution in [3.63, 3.8) is 0 Å². The molecule has 0 unspecified atom stereocenters. The van der Waals surface area contributed by atoms with Crippen LogP contribution in [0.3, 0.4) is 0 Å². The van der Waals surface area contributed by atoms with Crippen molar-refractivity contribution in [3.8, 4) is 0 Å². The molecule has 0 radical (unpaired) electrons. The molecule has 0 aliphatic heterocycles. The minimum atomic E-state index is -4.39. The third-order valence-corrected chi connectivity index (χ3v) is 4.53. The molecule has 1 aromatic carbocycles. The monoisotopic (exact) mass is 434 g/mol. The highest BCUT2D eigenvalue weighted by atomic mass is 79.9. The number of aliphatic imine (C=N–C) groups is 1. The van der Waals surface area contributed by atoms with Gasteiger partial charge in [0.15, 0.2) is 11.7 Å². The summed E-state index contributed by atoms with van der Waals surface area (Å²) in [5, 5.41) is 7.72. The number of rotatable bonds is 6. The minimum absolute atomic E-state index is 0.405. The van der Waals surface area contributed by atoms with E-state index in [2.05, 4.69) is 36.5 Å². The largest absolute Gasteiger partial charge is 0.434 e. The first-order chi connectivity index (χ1) is 11.9. The van der Waals surface area contributed by atoms with E-state index in [1.807, 2.05) is 31.2 Å². The van der Waals surface area contributed by atoms with Crippen molar-refractivity contribution in [1.82, 2.24) is 15.6 Å². The molecule has 0 bridgehead atoms. The molecule has 0 spiro atoms. The van der Waals surface area contributed by atoms with Crippen LogP contribution in [0.25, 0.3) is 0 Å². The van der Waals surface area contributed by atoms with Crippen molar-refractivity contribution in [3.05, 3.63) is 50.4 Å². The van der Waals surface area contributed by atoms with Crippen LogP contribution in [0.4, 0.5) is 13.2 Å². The second kappa shape index (κ2) is 9.19. The first-order valence-electron chi connectivity index (χ1n) is 7.66. The summed E-state index contributed by atoms with van der Waals surface area (Å²) in [5.41, 5.74) is 0.226. The molecule has 1 aromatic heterocycles. The Kier molecular flexibility index (Phi) is 7.24. The molecule has 0 aliphatic rings. The fraction of sp³-hybridized carbons (Fsp3) is 0.375. The van der Waals surface area contributed by atoms with Crippen molar-refractivity contribution in [2.75, 3.05) is 13.1 Å². The highest BCUT2D eigenvalue weighted by Gasteiger charge is 2.33. The van der Waals surface area contributed by atoms with E-state index in [0.717, 1.165) is 26.8 Å². The summed E-state index contributed by atoms with van der Waals surface area (Å²) in [6.07, 6.45) is -3.98. The van der Waals surface area contributed by atoms with Gasteiger partial charge >= 0.3 is 6.18 Å². The second-order valence-corrected chi connectivity index (χ2v) is 6.98. The van der Waals surface area contributed by atoms with Crippen molar-refractivity contribution in [2.24, 2.45) is 4.99 Å². The van der Waals surface area contributed by atoms with E-state index in [-0.39, 0.29) is 0 Å². The van der Waals surface area contributed by atoms with Gasteiger partial charge in [0.05, 0.1) is 11.6 Å². The van der Waals surface area contributed by atoms with Gasteiger partial charge in [-0.25, -0.2) is 9.98 Å². The number of hydrogen-bond acceptors (Lipinski definition) is 3. The molecule has 25 heavy (non-hydrogen) atoms. The topological polar surface area (TPSA) is 49.3 Å². The molecule has 9 heteroatoms. The van der Waals surface area contributed by atoms with Crippen LogP contribution in [-0.4, -0.2) is 24.0 Å². The Labute approximate surface area is 156 Å². The maximum atomic E-state index is 12.5. The zero-order valence-corrected chi connectivity index (χ0v) is 15.9. The first kappa shape index (κ1) is 19.7. The van der Waals surface area contributed by atoms with Crippen LogP contribution >= 0.6 is 27.3 Å². The molecule has 0 fully saturated rings. The summed E-state index contributed by atoms with van der Waals surface area (Å²) in [6, 6.07) is 7.85. The zero-order chi connectivity index (χ0) is 18.3. The van der Waals surface area contributed by atoms with E-state index in [1.165, 1.54) is 0 Å². The molecule has 0 atom stereocenters. The number of alkyl halides is 3. The number of guanidine groups is 1. The number of nitrogens with one attached hydrogen (secondary N) is 2. The maximum absolute atomic E-state index is 12.5. The Hall–Kier alpha value is -1.61. The molecule has 136 valence electrons. The Balaban J connectivity index is 1.88. The molecule has 0 saturated carbocycles. The second-order valence-electron chi connectivity index (χ2n) is 5.13. The van der Waals surface area contributed by atoms with E-state index >= 15 is 0 Å². The van der Waals surface area contributed by atoms with Gasteiger partial charge in [0, 0.05) is 29.4 Å². The Morgan fingerprint density at radius 2 is 2.12 bits per heavy atom. The van der Waals surface area contributed by atoms with E-state index < -0.39 is 11.9 Å². The number of hydrogen-bond donors (Lipinski definition) is 2. The van der Waals surface area contributed by atoms with E-state index in [0.29, 0.717) is 37.0 Å². The van der Waals surface area contributed by atoms with Gasteiger partial charge in [-0.1, -0.05) is 28.1 Å². The summed E-state index contributed by atoms with van der Waals surface area (Å²) in [6.45, 7) is 3.60.